The van der Waals surface area contributed by atoms with Crippen molar-refractivity contribution < 1.29 is 29.4 Å². The van der Waals surface area contributed by atoms with Gasteiger partial charge < -0.3 is 37.6 Å². The Balaban J connectivity index is 5.43. The first-order chi connectivity index (χ1) is 15.6. The highest BCUT2D eigenvalue weighted by atomic mass is 32.2. The second kappa shape index (κ2) is 17.9. The van der Waals surface area contributed by atoms with E-state index < -0.39 is 54.0 Å². The molecule has 3 amide bonds. The Morgan fingerprint density at radius 2 is 1.27 bits per heavy atom. The maximum Gasteiger partial charge on any atom is 0.326 e. The Morgan fingerprint density at radius 3 is 1.73 bits per heavy atom. The zero-order chi connectivity index (χ0) is 25.4. The van der Waals surface area contributed by atoms with Crippen LogP contribution in [0.5, 0.6) is 0 Å². The first kappa shape index (κ1) is 31.5. The molecule has 0 spiro atoms. The summed E-state index contributed by atoms with van der Waals surface area (Å²) in [6.07, 6.45) is 4.56. The van der Waals surface area contributed by atoms with Gasteiger partial charge in [0.25, 0.3) is 0 Å². The molecular formula is C20H39N5O6S2. The third-order valence-electron chi connectivity index (χ3n) is 4.87. The number of carboxylic acid groups (broad SMARTS) is 1. The molecule has 9 N–H and O–H groups in total. The SMILES string of the molecule is CSCCC(NC(=O)C(CCCCN)NC(=O)C(CCSC)NC(=O)C(N)C(C)O)C(=O)O. The van der Waals surface area contributed by atoms with Gasteiger partial charge in [-0.2, -0.15) is 23.5 Å². The average molecular weight is 510 g/mol. The topological polar surface area (TPSA) is 197 Å². The predicted octanol–water partition coefficient (Wildman–Crippen LogP) is -1.13. The van der Waals surface area contributed by atoms with E-state index in [2.05, 4.69) is 16.0 Å². The molecule has 0 rings (SSSR count). The Hall–Kier alpha value is -1.54. The second-order valence-corrected chi connectivity index (χ2v) is 9.61. The monoisotopic (exact) mass is 509 g/mol. The van der Waals surface area contributed by atoms with E-state index in [4.69, 9.17) is 11.5 Å². The molecule has 33 heavy (non-hydrogen) atoms. The summed E-state index contributed by atoms with van der Waals surface area (Å²) in [5.41, 5.74) is 11.2. The molecule has 0 radical (unpaired) electrons. The number of thioether (sulfide) groups is 2. The molecule has 0 aliphatic rings. The minimum atomic E-state index is -1.20. The minimum Gasteiger partial charge on any atom is -0.480 e. The van der Waals surface area contributed by atoms with Crippen molar-refractivity contribution in [2.24, 2.45) is 11.5 Å². The fourth-order valence-electron chi connectivity index (χ4n) is 2.79. The summed E-state index contributed by atoms with van der Waals surface area (Å²) < 4.78 is 0. The highest BCUT2D eigenvalue weighted by Crippen LogP contribution is 2.07. The fourth-order valence-corrected chi connectivity index (χ4v) is 3.73. The molecule has 0 heterocycles. The largest absolute Gasteiger partial charge is 0.480 e. The van der Waals surface area contributed by atoms with Crippen LogP contribution in [-0.2, 0) is 19.2 Å². The van der Waals surface area contributed by atoms with Gasteiger partial charge >= 0.3 is 5.97 Å². The van der Waals surface area contributed by atoms with Crippen LogP contribution in [0.1, 0.15) is 39.0 Å². The van der Waals surface area contributed by atoms with Crippen molar-refractivity contribution in [3.8, 4) is 0 Å². The summed E-state index contributed by atoms with van der Waals surface area (Å²) in [6, 6.07) is -4.23. The van der Waals surface area contributed by atoms with E-state index >= 15 is 0 Å². The number of carbonyl (C=O) groups is 4. The van der Waals surface area contributed by atoms with Crippen molar-refractivity contribution in [2.45, 2.75) is 69.3 Å². The molecule has 0 aromatic rings. The number of carbonyl (C=O) groups excluding carboxylic acids is 3. The van der Waals surface area contributed by atoms with E-state index in [1.165, 1.54) is 30.4 Å². The van der Waals surface area contributed by atoms with Gasteiger partial charge in [0.05, 0.1) is 6.10 Å². The maximum absolute atomic E-state index is 13.0. The van der Waals surface area contributed by atoms with Gasteiger partial charge in [0, 0.05) is 0 Å². The van der Waals surface area contributed by atoms with Crippen LogP contribution >= 0.6 is 23.5 Å². The molecule has 0 aliphatic heterocycles. The highest BCUT2D eigenvalue weighted by molar-refractivity contribution is 7.98. The Morgan fingerprint density at radius 1 is 0.818 bits per heavy atom. The van der Waals surface area contributed by atoms with Crippen molar-refractivity contribution in [1.29, 1.82) is 0 Å². The van der Waals surface area contributed by atoms with E-state index in [0.29, 0.717) is 30.9 Å². The Kier molecular flexibility index (Phi) is 17.0. The van der Waals surface area contributed by atoms with Gasteiger partial charge in [0.15, 0.2) is 0 Å². The quantitative estimate of drug-likeness (QED) is 0.111. The normalized spacial score (nSPS) is 15.6. The number of aliphatic hydroxyl groups is 1. The van der Waals surface area contributed by atoms with Gasteiger partial charge in [-0.1, -0.05) is 0 Å². The number of carboxylic acids is 1. The van der Waals surface area contributed by atoms with Crippen molar-refractivity contribution >= 4 is 47.2 Å². The zero-order valence-corrected chi connectivity index (χ0v) is 21.2. The van der Waals surface area contributed by atoms with E-state index in [9.17, 15) is 29.4 Å². The molecule has 11 nitrogen and oxygen atoms in total. The number of amides is 3. The lowest BCUT2D eigenvalue weighted by Gasteiger charge is -2.25. The highest BCUT2D eigenvalue weighted by Gasteiger charge is 2.30. The molecule has 192 valence electrons. The standard InChI is InChI=1S/C20H39N5O6S2/c1-12(26)16(22)19(29)24-14(7-10-32-2)18(28)23-13(6-4-5-9-21)17(27)25-15(20(30)31)8-11-33-3/h12-16,26H,4-11,21-22H2,1-3H3,(H,23,28)(H,24,29)(H,25,27)(H,30,31). The number of aliphatic hydroxyl groups excluding tert-OH is 1. The van der Waals surface area contributed by atoms with Crippen LogP contribution < -0.4 is 27.4 Å². The number of rotatable bonds is 18. The first-order valence-electron chi connectivity index (χ1n) is 10.8. The van der Waals surface area contributed by atoms with Crippen LogP contribution in [0.4, 0.5) is 0 Å². The van der Waals surface area contributed by atoms with Crippen LogP contribution in [0.15, 0.2) is 0 Å². The number of unbranched alkanes of at least 4 members (excludes halogenated alkanes) is 1. The molecule has 5 atom stereocenters. The number of nitrogens with two attached hydrogens (primary N) is 2. The predicted molar refractivity (Wildman–Crippen MR) is 132 cm³/mol. The number of nitrogens with one attached hydrogen (secondary N) is 3. The number of aliphatic carboxylic acids is 1. The molecule has 0 aromatic carbocycles. The van der Waals surface area contributed by atoms with Gasteiger partial charge in [-0.25, -0.2) is 4.79 Å². The van der Waals surface area contributed by atoms with E-state index in [1.807, 2.05) is 12.5 Å². The Labute approximate surface area is 203 Å². The summed E-state index contributed by atoms with van der Waals surface area (Å²) in [5, 5.41) is 26.6. The summed E-state index contributed by atoms with van der Waals surface area (Å²) in [7, 11) is 0. The lowest BCUT2D eigenvalue weighted by atomic mass is 10.1. The van der Waals surface area contributed by atoms with Gasteiger partial charge in [-0.3, -0.25) is 14.4 Å². The summed E-state index contributed by atoms with van der Waals surface area (Å²) in [6.45, 7) is 1.78. The molecule has 0 fully saturated rings. The first-order valence-corrected chi connectivity index (χ1v) is 13.6. The molecule has 0 saturated carbocycles. The third kappa shape index (κ3) is 13.1. The summed E-state index contributed by atoms with van der Waals surface area (Å²) in [5.74, 6) is -1.92. The lowest BCUT2D eigenvalue weighted by Crippen LogP contribution is -2.58. The molecular weight excluding hydrogens is 470 g/mol. The van der Waals surface area contributed by atoms with E-state index in [-0.39, 0.29) is 19.3 Å². The second-order valence-electron chi connectivity index (χ2n) is 7.64. The van der Waals surface area contributed by atoms with Crippen LogP contribution in [0.25, 0.3) is 0 Å². The molecule has 0 aromatic heterocycles. The third-order valence-corrected chi connectivity index (χ3v) is 6.16. The molecule has 0 bridgehead atoms. The van der Waals surface area contributed by atoms with E-state index in [0.717, 1.165) is 0 Å². The van der Waals surface area contributed by atoms with Crippen LogP contribution in [0.2, 0.25) is 0 Å². The number of hydrogen-bond acceptors (Lipinski definition) is 9. The summed E-state index contributed by atoms with van der Waals surface area (Å²) in [4.78, 5) is 49.6. The van der Waals surface area contributed by atoms with Crippen LogP contribution in [-0.4, -0.2) is 94.7 Å². The maximum atomic E-state index is 13.0. The van der Waals surface area contributed by atoms with Crippen molar-refractivity contribution in [2.75, 3.05) is 30.6 Å². The van der Waals surface area contributed by atoms with Crippen molar-refractivity contribution in [1.82, 2.24) is 16.0 Å². The van der Waals surface area contributed by atoms with Crippen LogP contribution in [0, 0.1) is 0 Å². The fraction of sp³-hybridized carbons (Fsp3) is 0.800. The average Bonchev–Trinajstić information content (AvgIpc) is 2.77. The lowest BCUT2D eigenvalue weighted by molar-refractivity contribution is -0.142. The molecule has 0 aliphatic carbocycles. The molecule has 0 saturated heterocycles. The van der Waals surface area contributed by atoms with Gasteiger partial charge in [-0.15, -0.1) is 0 Å². The van der Waals surface area contributed by atoms with Crippen LogP contribution in [0.3, 0.4) is 0 Å². The molecule has 13 heteroatoms. The molecule has 5 unspecified atom stereocenters. The smallest absolute Gasteiger partial charge is 0.326 e. The number of hydrogen-bond donors (Lipinski definition) is 7. The Bertz CT molecular complexity index is 626. The van der Waals surface area contributed by atoms with Crippen molar-refractivity contribution in [3.05, 3.63) is 0 Å². The van der Waals surface area contributed by atoms with E-state index in [1.54, 1.807) is 0 Å². The minimum absolute atomic E-state index is 0.245. The van der Waals surface area contributed by atoms with Gasteiger partial charge in [0.1, 0.15) is 24.2 Å². The summed E-state index contributed by atoms with van der Waals surface area (Å²) >= 11 is 2.94. The zero-order valence-electron chi connectivity index (χ0n) is 19.5. The van der Waals surface area contributed by atoms with Gasteiger partial charge in [-0.05, 0) is 69.6 Å². The van der Waals surface area contributed by atoms with Gasteiger partial charge in [0.2, 0.25) is 17.7 Å². The van der Waals surface area contributed by atoms with Crippen molar-refractivity contribution in [3.63, 3.8) is 0 Å².